The molecule has 18 heavy (non-hydrogen) atoms. The zero-order valence-electron chi connectivity index (χ0n) is 9.60. The molecule has 2 amide bonds. The van der Waals surface area contributed by atoms with Gasteiger partial charge in [0.15, 0.2) is 0 Å². The lowest BCUT2D eigenvalue weighted by Gasteiger charge is -2.07. The number of carbonyl (C=O) groups excluding carboxylic acids is 2. The summed E-state index contributed by atoms with van der Waals surface area (Å²) in [5.41, 5.74) is 2.10. The molecule has 1 aromatic rings. The molecule has 1 aromatic carbocycles. The second kappa shape index (κ2) is 5.73. The first kappa shape index (κ1) is 13.6. The molecular weight excluding hydrogens is 240 g/mol. The highest BCUT2D eigenvalue weighted by Crippen LogP contribution is 2.20. The van der Waals surface area contributed by atoms with E-state index in [2.05, 4.69) is 5.32 Å². The van der Waals surface area contributed by atoms with Crippen LogP contribution in [0.2, 0.25) is 0 Å². The van der Waals surface area contributed by atoms with E-state index in [9.17, 15) is 19.7 Å². The Balaban J connectivity index is 2.90. The van der Waals surface area contributed by atoms with Gasteiger partial charge < -0.3 is 5.32 Å². The number of hydrogen-bond donors (Lipinski definition) is 3. The summed E-state index contributed by atoms with van der Waals surface area (Å²) in [7, 11) is 0. The average Bonchev–Trinajstić information content (AvgIpc) is 2.35. The number of rotatable bonds is 4. The van der Waals surface area contributed by atoms with Crippen molar-refractivity contribution < 1.29 is 14.5 Å². The summed E-state index contributed by atoms with van der Waals surface area (Å²) >= 11 is 0. The average molecular weight is 252 g/mol. The number of hydrazine groups is 1. The number of hydrogen-bond acceptors (Lipinski definition) is 5. The molecule has 0 aliphatic carbocycles. The summed E-state index contributed by atoms with van der Waals surface area (Å²) in [4.78, 5) is 32.7. The lowest BCUT2D eigenvalue weighted by atomic mass is 10.1. The third kappa shape index (κ3) is 3.01. The molecule has 0 aliphatic heterocycles. The summed E-state index contributed by atoms with van der Waals surface area (Å²) in [6, 6.07) is 4.15. The summed E-state index contributed by atoms with van der Waals surface area (Å²) < 4.78 is 0. The molecular formula is C10H12N4O4. The second-order valence-corrected chi connectivity index (χ2v) is 3.46. The van der Waals surface area contributed by atoms with Crippen LogP contribution in [0.15, 0.2) is 18.2 Å². The Morgan fingerprint density at radius 2 is 2.11 bits per heavy atom. The molecule has 0 saturated carbocycles. The van der Waals surface area contributed by atoms with Crippen molar-refractivity contribution in [3.05, 3.63) is 39.4 Å². The van der Waals surface area contributed by atoms with Crippen molar-refractivity contribution in [1.29, 1.82) is 0 Å². The number of nitrogens with zero attached hydrogens (tertiary/aromatic N) is 1. The Morgan fingerprint density at radius 1 is 1.44 bits per heavy atom. The van der Waals surface area contributed by atoms with E-state index < -0.39 is 16.7 Å². The first-order chi connectivity index (χ1) is 8.47. The number of carbonyl (C=O) groups is 2. The number of nitrogens with two attached hydrogens (primary N) is 1. The van der Waals surface area contributed by atoms with Crippen molar-refractivity contribution >= 4 is 17.5 Å². The van der Waals surface area contributed by atoms with Crippen LogP contribution < -0.4 is 16.6 Å². The maximum absolute atomic E-state index is 11.7. The molecule has 0 aliphatic rings. The van der Waals surface area contributed by atoms with Crippen molar-refractivity contribution in [1.82, 2.24) is 10.7 Å². The number of nitrogens with one attached hydrogen (secondary N) is 2. The third-order valence-electron chi connectivity index (χ3n) is 2.32. The van der Waals surface area contributed by atoms with Crippen molar-refractivity contribution in [2.24, 2.45) is 5.84 Å². The van der Waals surface area contributed by atoms with Gasteiger partial charge in [-0.15, -0.1) is 0 Å². The van der Waals surface area contributed by atoms with Gasteiger partial charge >= 0.3 is 0 Å². The SMILES string of the molecule is Cc1c(C(=O)NCC(=O)NN)cccc1[N+](=O)[O-]. The van der Waals surface area contributed by atoms with E-state index in [1.165, 1.54) is 25.1 Å². The van der Waals surface area contributed by atoms with Crippen molar-refractivity contribution in [2.75, 3.05) is 6.54 Å². The molecule has 0 fully saturated rings. The van der Waals surface area contributed by atoms with E-state index in [1.807, 2.05) is 5.43 Å². The van der Waals surface area contributed by atoms with Crippen molar-refractivity contribution in [3.63, 3.8) is 0 Å². The van der Waals surface area contributed by atoms with Gasteiger partial charge in [-0.25, -0.2) is 5.84 Å². The fourth-order valence-electron chi connectivity index (χ4n) is 1.37. The van der Waals surface area contributed by atoms with Gasteiger partial charge in [0.25, 0.3) is 17.5 Å². The topological polar surface area (TPSA) is 127 Å². The largest absolute Gasteiger partial charge is 0.343 e. The minimum Gasteiger partial charge on any atom is -0.343 e. The van der Waals surface area contributed by atoms with Gasteiger partial charge in [0, 0.05) is 17.2 Å². The molecule has 0 bridgehead atoms. The van der Waals surface area contributed by atoms with Gasteiger partial charge in [-0.1, -0.05) is 6.07 Å². The van der Waals surface area contributed by atoms with Gasteiger partial charge in [-0.05, 0) is 13.0 Å². The van der Waals surface area contributed by atoms with Crippen LogP contribution in [0.4, 0.5) is 5.69 Å². The number of benzene rings is 1. The highest BCUT2D eigenvalue weighted by atomic mass is 16.6. The van der Waals surface area contributed by atoms with Gasteiger partial charge in [0.05, 0.1) is 11.5 Å². The number of nitro groups is 1. The highest BCUT2D eigenvalue weighted by molar-refractivity contribution is 5.98. The van der Waals surface area contributed by atoms with Gasteiger partial charge in [0.2, 0.25) is 0 Å². The predicted molar refractivity (Wildman–Crippen MR) is 62.5 cm³/mol. The normalized spacial score (nSPS) is 9.67. The van der Waals surface area contributed by atoms with Crippen LogP contribution in [0.25, 0.3) is 0 Å². The third-order valence-corrected chi connectivity index (χ3v) is 2.32. The number of amides is 2. The fraction of sp³-hybridized carbons (Fsp3) is 0.200. The van der Waals surface area contributed by atoms with E-state index in [1.54, 1.807) is 0 Å². The fourth-order valence-corrected chi connectivity index (χ4v) is 1.37. The van der Waals surface area contributed by atoms with Crippen LogP contribution in [-0.4, -0.2) is 23.3 Å². The maximum Gasteiger partial charge on any atom is 0.273 e. The van der Waals surface area contributed by atoms with E-state index in [0.29, 0.717) is 0 Å². The Morgan fingerprint density at radius 3 is 2.67 bits per heavy atom. The molecule has 96 valence electrons. The molecule has 0 unspecified atom stereocenters. The van der Waals surface area contributed by atoms with E-state index in [4.69, 9.17) is 5.84 Å². The first-order valence-electron chi connectivity index (χ1n) is 4.99. The zero-order chi connectivity index (χ0) is 13.7. The minimum atomic E-state index is -0.571. The molecule has 0 heterocycles. The van der Waals surface area contributed by atoms with Crippen LogP contribution in [0.3, 0.4) is 0 Å². The van der Waals surface area contributed by atoms with Gasteiger partial charge in [-0.2, -0.15) is 0 Å². The van der Waals surface area contributed by atoms with E-state index in [-0.39, 0.29) is 23.4 Å². The van der Waals surface area contributed by atoms with Crippen LogP contribution in [0, 0.1) is 17.0 Å². The predicted octanol–water partition coefficient (Wildman–Crippen LogP) is -0.377. The van der Waals surface area contributed by atoms with Crippen LogP contribution in [-0.2, 0) is 4.79 Å². The highest BCUT2D eigenvalue weighted by Gasteiger charge is 2.17. The summed E-state index contributed by atoms with van der Waals surface area (Å²) in [6.07, 6.45) is 0. The standard InChI is InChI=1S/C10H12N4O4/c1-6-7(3-2-4-8(6)14(17)18)10(16)12-5-9(15)13-11/h2-4H,5,11H2,1H3,(H,12,16)(H,13,15). The summed E-state index contributed by atoms with van der Waals surface area (Å²) in [6.45, 7) is 1.17. The molecule has 8 nitrogen and oxygen atoms in total. The molecule has 0 radical (unpaired) electrons. The quantitative estimate of drug-likeness (QED) is 0.291. The summed E-state index contributed by atoms with van der Waals surface area (Å²) in [5.74, 6) is 3.72. The molecule has 1 rings (SSSR count). The van der Waals surface area contributed by atoms with Gasteiger partial charge in [0.1, 0.15) is 0 Å². The van der Waals surface area contributed by atoms with E-state index >= 15 is 0 Å². The first-order valence-corrected chi connectivity index (χ1v) is 4.99. The Hall–Kier alpha value is -2.48. The molecule has 0 saturated heterocycles. The second-order valence-electron chi connectivity index (χ2n) is 3.46. The van der Waals surface area contributed by atoms with E-state index in [0.717, 1.165) is 0 Å². The molecule has 0 spiro atoms. The van der Waals surface area contributed by atoms with Crippen molar-refractivity contribution in [2.45, 2.75) is 6.92 Å². The number of nitro benzene ring substituents is 1. The smallest absolute Gasteiger partial charge is 0.273 e. The molecule has 4 N–H and O–H groups in total. The molecule has 0 atom stereocenters. The van der Waals surface area contributed by atoms with Crippen LogP contribution in [0.1, 0.15) is 15.9 Å². The minimum absolute atomic E-state index is 0.147. The monoisotopic (exact) mass is 252 g/mol. The van der Waals surface area contributed by atoms with Crippen LogP contribution in [0.5, 0.6) is 0 Å². The van der Waals surface area contributed by atoms with Crippen LogP contribution >= 0.6 is 0 Å². The lowest BCUT2D eigenvalue weighted by Crippen LogP contribution is -2.40. The molecule has 0 aromatic heterocycles. The summed E-state index contributed by atoms with van der Waals surface area (Å²) in [5, 5.41) is 13.0. The Bertz CT molecular complexity index is 501. The Labute approximate surface area is 102 Å². The lowest BCUT2D eigenvalue weighted by molar-refractivity contribution is -0.385. The van der Waals surface area contributed by atoms with Gasteiger partial charge in [-0.3, -0.25) is 25.1 Å². The molecule has 8 heteroatoms. The van der Waals surface area contributed by atoms with Crippen molar-refractivity contribution in [3.8, 4) is 0 Å². The maximum atomic E-state index is 11.7. The Kier molecular flexibility index (Phi) is 4.33. The zero-order valence-corrected chi connectivity index (χ0v) is 9.60.